The van der Waals surface area contributed by atoms with E-state index in [-0.39, 0.29) is 29.7 Å². The molecule has 2 aromatic rings. The average Bonchev–Trinajstić information content (AvgIpc) is 3.57. The number of alkyl carbamates (subject to hydrolysis) is 1. The van der Waals surface area contributed by atoms with Gasteiger partial charge in [-0.1, -0.05) is 62.4 Å². The summed E-state index contributed by atoms with van der Waals surface area (Å²) in [7, 11) is 1.27. The summed E-state index contributed by atoms with van der Waals surface area (Å²) in [6, 6.07) is 14.5. The molecule has 3 aliphatic carbocycles. The van der Waals surface area contributed by atoms with Crippen molar-refractivity contribution in [2.75, 3.05) is 13.7 Å². The van der Waals surface area contributed by atoms with E-state index in [2.05, 4.69) is 5.32 Å². The molecule has 2 heterocycles. The Morgan fingerprint density at radius 1 is 0.952 bits per heavy atom. The maximum atomic E-state index is 15.5. The smallest absolute Gasteiger partial charge is 0.454 e. The van der Waals surface area contributed by atoms with Gasteiger partial charge in [0.05, 0.1) is 35.6 Å². The van der Waals surface area contributed by atoms with Gasteiger partial charge in [0.1, 0.15) is 17.8 Å². The fraction of sp³-hybridized carbons (Fsp3) is 0.556. The molecule has 0 unspecified atom stereocenters. The van der Waals surface area contributed by atoms with E-state index >= 15 is 4.79 Å². The van der Waals surface area contributed by atoms with Crippen LogP contribution in [0.25, 0.3) is 0 Å². The van der Waals surface area contributed by atoms with Gasteiger partial charge in [0.25, 0.3) is 0 Å². The summed E-state index contributed by atoms with van der Waals surface area (Å²) < 4.78 is 48.5. The van der Waals surface area contributed by atoms with Crippen LogP contribution in [0.2, 0.25) is 0 Å². The molecule has 17 nitrogen and oxygen atoms in total. The summed E-state index contributed by atoms with van der Waals surface area (Å²) >= 11 is 0. The van der Waals surface area contributed by atoms with E-state index in [9.17, 15) is 34.2 Å². The maximum absolute atomic E-state index is 15.5. The summed E-state index contributed by atoms with van der Waals surface area (Å²) in [6.07, 6.45) is -13.8. The molecule has 1 spiro atoms. The zero-order chi connectivity index (χ0) is 45.3. The van der Waals surface area contributed by atoms with Crippen LogP contribution in [0.1, 0.15) is 83.8 Å². The molecular formula is C45H53NO16. The van der Waals surface area contributed by atoms with Crippen molar-refractivity contribution < 1.29 is 76.9 Å². The average molecular weight is 864 g/mol. The molecule has 1 amide bonds. The lowest BCUT2D eigenvalue weighted by Crippen LogP contribution is -2.83. The quantitative estimate of drug-likeness (QED) is 0.183. The van der Waals surface area contributed by atoms with Gasteiger partial charge in [0.15, 0.2) is 35.8 Å². The Bertz CT molecular complexity index is 2170. The fourth-order valence-electron chi connectivity index (χ4n) is 10.5. The molecule has 2 bridgehead atoms. The lowest BCUT2D eigenvalue weighted by molar-refractivity contribution is -0.345. The number of benzene rings is 2. The van der Waals surface area contributed by atoms with E-state index < -0.39 is 118 Å². The van der Waals surface area contributed by atoms with Crippen LogP contribution < -0.4 is 5.32 Å². The lowest BCUT2D eigenvalue weighted by atomic mass is 9.44. The number of amides is 1. The maximum Gasteiger partial charge on any atom is 0.509 e. The van der Waals surface area contributed by atoms with Crippen molar-refractivity contribution in [2.45, 2.75) is 127 Å². The summed E-state index contributed by atoms with van der Waals surface area (Å²) in [5, 5.41) is 26.5. The Morgan fingerprint density at radius 3 is 2.15 bits per heavy atom. The van der Waals surface area contributed by atoms with Gasteiger partial charge in [-0.15, -0.1) is 0 Å². The van der Waals surface area contributed by atoms with Crippen LogP contribution in [-0.2, 0) is 52.3 Å². The van der Waals surface area contributed by atoms with Crippen LogP contribution in [0.4, 0.5) is 9.59 Å². The number of methoxy groups -OCH3 is 1. The largest absolute Gasteiger partial charge is 0.509 e. The van der Waals surface area contributed by atoms with Crippen LogP contribution in [0.15, 0.2) is 71.8 Å². The molecule has 2 aromatic carbocycles. The van der Waals surface area contributed by atoms with E-state index in [1.807, 2.05) is 0 Å². The van der Waals surface area contributed by atoms with Gasteiger partial charge >= 0.3 is 30.2 Å². The number of fused-ring (bicyclic) bond motifs is 4. The second-order valence-electron chi connectivity index (χ2n) is 18.3. The highest BCUT2D eigenvalue weighted by atomic mass is 16.8. The summed E-state index contributed by atoms with van der Waals surface area (Å²) in [5.41, 5.74) is -7.88. The first-order valence-electron chi connectivity index (χ1n) is 20.4. The van der Waals surface area contributed by atoms with Gasteiger partial charge < -0.3 is 53.4 Å². The van der Waals surface area contributed by atoms with Crippen molar-refractivity contribution in [3.63, 3.8) is 0 Å². The Kier molecular flexibility index (Phi) is 11.4. The molecule has 17 heteroatoms. The minimum absolute atomic E-state index is 0.0611. The molecule has 0 aromatic heterocycles. The van der Waals surface area contributed by atoms with Gasteiger partial charge in [0.2, 0.25) is 5.60 Å². The summed E-state index contributed by atoms with van der Waals surface area (Å²) in [5.74, 6) is -5.24. The van der Waals surface area contributed by atoms with Gasteiger partial charge in [-0.2, -0.15) is 0 Å². The monoisotopic (exact) mass is 863 g/mol. The Labute approximate surface area is 358 Å². The minimum atomic E-state index is -2.26. The fourth-order valence-corrected chi connectivity index (χ4v) is 10.5. The number of ether oxygens (including phenoxy) is 8. The number of carbonyl (C=O) groups excluding carboxylic acids is 6. The minimum Gasteiger partial charge on any atom is -0.454 e. The van der Waals surface area contributed by atoms with Crippen LogP contribution in [-0.4, -0.2) is 119 Å². The molecule has 5 aliphatic rings. The highest BCUT2D eigenvalue weighted by Gasteiger charge is 2.83. The van der Waals surface area contributed by atoms with Gasteiger partial charge in [-0.05, 0) is 63.5 Å². The zero-order valence-electron chi connectivity index (χ0n) is 36.0. The number of carbonyl (C=O) groups is 6. The highest BCUT2D eigenvalue weighted by molar-refractivity contribution is 5.94. The first-order valence-corrected chi connectivity index (χ1v) is 20.4. The number of aliphatic hydroxyl groups excluding tert-OH is 2. The van der Waals surface area contributed by atoms with Crippen LogP contribution >= 0.6 is 0 Å². The van der Waals surface area contributed by atoms with Crippen LogP contribution in [0, 0.1) is 16.7 Å². The Balaban J connectivity index is 1.44. The zero-order valence-corrected chi connectivity index (χ0v) is 36.0. The third-order valence-corrected chi connectivity index (χ3v) is 13.2. The highest BCUT2D eigenvalue weighted by Crippen LogP contribution is 2.66. The van der Waals surface area contributed by atoms with Gasteiger partial charge in [-0.3, -0.25) is 9.59 Å². The third kappa shape index (κ3) is 6.93. The first kappa shape index (κ1) is 44.7. The molecule has 3 N–H and O–H groups in total. The van der Waals surface area contributed by atoms with E-state index in [4.69, 9.17) is 37.9 Å². The third-order valence-electron chi connectivity index (χ3n) is 13.2. The molecule has 2 saturated carbocycles. The van der Waals surface area contributed by atoms with Gasteiger partial charge in [0, 0.05) is 25.9 Å². The van der Waals surface area contributed by atoms with Crippen molar-refractivity contribution in [1.29, 1.82) is 0 Å². The van der Waals surface area contributed by atoms with Crippen LogP contribution in [0.5, 0.6) is 0 Å². The van der Waals surface area contributed by atoms with Crippen LogP contribution in [0.3, 0.4) is 0 Å². The Hall–Kier alpha value is -5.36. The normalized spacial score (nSPS) is 34.1. The van der Waals surface area contributed by atoms with Crippen molar-refractivity contribution in [2.24, 2.45) is 16.7 Å². The number of rotatable bonds is 9. The second kappa shape index (κ2) is 15.8. The number of aliphatic hydroxyl groups is 2. The van der Waals surface area contributed by atoms with Crippen molar-refractivity contribution in [3.8, 4) is 0 Å². The lowest BCUT2D eigenvalue weighted by Gasteiger charge is -2.67. The topological polar surface area (TPSA) is 229 Å². The number of nitrogens with one attached hydrogen (secondary N) is 1. The number of esters is 3. The molecule has 334 valence electrons. The van der Waals surface area contributed by atoms with E-state index in [0.717, 1.165) is 6.92 Å². The molecule has 4 fully saturated rings. The molecule has 12 atom stereocenters. The van der Waals surface area contributed by atoms with E-state index in [1.54, 1.807) is 83.1 Å². The molecule has 7 rings (SSSR count). The number of hydrogen-bond donors (Lipinski definition) is 3. The number of hydrogen-bond acceptors (Lipinski definition) is 16. The Morgan fingerprint density at radius 2 is 1.58 bits per heavy atom. The molecule has 0 radical (unpaired) electrons. The predicted molar refractivity (Wildman–Crippen MR) is 213 cm³/mol. The van der Waals surface area contributed by atoms with Crippen molar-refractivity contribution in [1.82, 2.24) is 5.32 Å². The van der Waals surface area contributed by atoms with Crippen molar-refractivity contribution in [3.05, 3.63) is 82.9 Å². The first-order chi connectivity index (χ1) is 29.0. The number of ketones is 1. The van der Waals surface area contributed by atoms with E-state index in [0.29, 0.717) is 5.56 Å². The predicted octanol–water partition coefficient (Wildman–Crippen LogP) is 4.07. The SMILES string of the molecule is CO[C@H]1C(=O)[C@@]2(C)[C@H]([C@H](OC(=O)c3ccccc3)[C@]34OC(=O)O[C@H]3[C@H](OC(=O)[C@H](O)[C@@H](NC(=O)OC(C)(C)C)c3ccccc3)C(C)=C1C4(C)C)[C@]1(OC(C)=O)CO[C@@H]1C[C@@H]2O. The second-order valence-corrected chi connectivity index (χ2v) is 18.3. The summed E-state index contributed by atoms with van der Waals surface area (Å²) in [6.45, 7) is 12.0. The standard InChI is InChI=1S/C45H53NO16/c1-22-28-32(55-9)34(50)43(8)26(48)20-27-44(21-56-27,60-23(2)47)33(43)36(58-37(51)25-18-14-11-15-19-25)45(42(28,6)7)35(59-40(54)62-45)31(22)57-38(52)30(49)29(24-16-12-10-13-17-24)46-39(53)61-41(3,4)5/h10-19,26-27,29-33,35-36,48-49H,20-21H2,1-9H3,(H,46,53)/t26-,27+,29-,30+,31+,32+,33-,35-,36-,43+,44-,45+/m0/s1. The van der Waals surface area contributed by atoms with Crippen molar-refractivity contribution >= 4 is 35.9 Å². The number of Topliss-reactive ketones (excluding diaryl/α,β-unsaturated/α-hetero) is 1. The van der Waals surface area contributed by atoms with E-state index in [1.165, 1.54) is 33.1 Å². The molecule has 2 saturated heterocycles. The molecule has 2 aliphatic heterocycles. The summed E-state index contributed by atoms with van der Waals surface area (Å²) in [4.78, 5) is 84.5. The van der Waals surface area contributed by atoms with Gasteiger partial charge in [-0.25, -0.2) is 19.2 Å². The molecular weight excluding hydrogens is 810 g/mol. The molecule has 62 heavy (non-hydrogen) atoms.